The lowest BCUT2D eigenvalue weighted by atomic mass is 10.3. The molecule has 0 atom stereocenters. The Bertz CT molecular complexity index is 1220. The molecule has 0 unspecified atom stereocenters. The van der Waals surface area contributed by atoms with Crippen LogP contribution in [0.25, 0.3) is 11.0 Å². The molecule has 2 heterocycles. The van der Waals surface area contributed by atoms with Crippen LogP contribution in [0, 0.1) is 17.5 Å². The van der Waals surface area contributed by atoms with Crippen molar-refractivity contribution >= 4 is 27.0 Å². The van der Waals surface area contributed by atoms with E-state index in [9.17, 15) is 26.4 Å². The molecule has 3 aromatic rings. The van der Waals surface area contributed by atoms with E-state index in [1.165, 1.54) is 9.58 Å². The molecule has 158 valence electrons. The Morgan fingerprint density at radius 3 is 2.40 bits per heavy atom. The van der Waals surface area contributed by atoms with Crippen LogP contribution < -0.4 is 0 Å². The number of piperazine rings is 1. The summed E-state index contributed by atoms with van der Waals surface area (Å²) in [4.78, 5) is 13.1. The maximum atomic E-state index is 14.0. The highest BCUT2D eigenvalue weighted by molar-refractivity contribution is 7.89. The smallest absolute Gasteiger partial charge is 0.246 e. The number of hydrogen-bond acceptors (Lipinski definition) is 5. The Morgan fingerprint density at radius 2 is 1.67 bits per heavy atom. The molecule has 12 heteroatoms. The van der Waals surface area contributed by atoms with Gasteiger partial charge in [-0.2, -0.15) is 4.31 Å². The van der Waals surface area contributed by atoms with Gasteiger partial charge >= 0.3 is 0 Å². The first-order valence-electron chi connectivity index (χ1n) is 8.98. The van der Waals surface area contributed by atoms with Gasteiger partial charge in [-0.15, -0.1) is 5.10 Å². The second-order valence-corrected chi connectivity index (χ2v) is 8.60. The summed E-state index contributed by atoms with van der Waals surface area (Å²) >= 11 is 0. The van der Waals surface area contributed by atoms with Gasteiger partial charge in [0.05, 0.1) is 5.52 Å². The summed E-state index contributed by atoms with van der Waals surface area (Å²) in [6, 6.07) is 8.41. The van der Waals surface area contributed by atoms with E-state index >= 15 is 0 Å². The van der Waals surface area contributed by atoms with Crippen LogP contribution in [0.5, 0.6) is 0 Å². The Balaban J connectivity index is 1.44. The number of hydrogen-bond donors (Lipinski definition) is 0. The highest BCUT2D eigenvalue weighted by Gasteiger charge is 2.33. The van der Waals surface area contributed by atoms with E-state index in [-0.39, 0.29) is 38.6 Å². The molecule has 4 rings (SSSR count). The number of benzene rings is 2. The van der Waals surface area contributed by atoms with Gasteiger partial charge in [0.15, 0.2) is 17.5 Å². The molecule has 8 nitrogen and oxygen atoms in total. The molecule has 0 N–H and O–H groups in total. The minimum absolute atomic E-state index is 0.0644. The monoisotopic (exact) mass is 439 g/mol. The average Bonchev–Trinajstić information content (AvgIpc) is 3.15. The molecule has 30 heavy (non-hydrogen) atoms. The van der Waals surface area contributed by atoms with E-state index < -0.39 is 32.4 Å². The second kappa shape index (κ2) is 7.69. The Kier molecular flexibility index (Phi) is 5.20. The standard InChI is InChI=1S/C18H16F3N5O3S/c19-12-5-6-15(18(21)17(12)20)30(28,29)25-9-7-24(8-10-25)16(27)11-26-14-4-2-1-3-13(14)22-23-26/h1-6H,7-11H2. The lowest BCUT2D eigenvalue weighted by molar-refractivity contribution is -0.133. The van der Waals surface area contributed by atoms with E-state index in [0.717, 1.165) is 4.31 Å². The third kappa shape index (κ3) is 3.52. The minimum atomic E-state index is -4.37. The maximum absolute atomic E-state index is 14.0. The minimum Gasteiger partial charge on any atom is -0.338 e. The molecule has 1 fully saturated rings. The quantitative estimate of drug-likeness (QED) is 0.574. The van der Waals surface area contributed by atoms with Gasteiger partial charge < -0.3 is 4.90 Å². The number of nitrogens with zero attached hydrogens (tertiary/aromatic N) is 5. The van der Waals surface area contributed by atoms with Crippen molar-refractivity contribution in [2.75, 3.05) is 26.2 Å². The molecule has 1 amide bonds. The highest BCUT2D eigenvalue weighted by Crippen LogP contribution is 2.24. The highest BCUT2D eigenvalue weighted by atomic mass is 32.2. The van der Waals surface area contributed by atoms with Crippen molar-refractivity contribution < 1.29 is 26.4 Å². The molecular weight excluding hydrogens is 423 g/mol. The molecule has 1 saturated heterocycles. The van der Waals surface area contributed by atoms with E-state index in [0.29, 0.717) is 23.2 Å². The lowest BCUT2D eigenvalue weighted by Crippen LogP contribution is -2.51. The normalized spacial score (nSPS) is 15.6. The summed E-state index contributed by atoms with van der Waals surface area (Å²) < 4.78 is 68.2. The summed E-state index contributed by atoms with van der Waals surface area (Å²) in [5.41, 5.74) is 1.34. The summed E-state index contributed by atoms with van der Waals surface area (Å²) in [6.07, 6.45) is 0. The first-order chi connectivity index (χ1) is 14.3. The van der Waals surface area contributed by atoms with Crippen molar-refractivity contribution in [2.24, 2.45) is 0 Å². The van der Waals surface area contributed by atoms with Gasteiger partial charge in [-0.05, 0) is 24.3 Å². The number of fused-ring (bicyclic) bond motifs is 1. The zero-order valence-electron chi connectivity index (χ0n) is 15.5. The molecule has 0 aliphatic carbocycles. The van der Waals surface area contributed by atoms with Gasteiger partial charge in [0.1, 0.15) is 17.0 Å². The number of halogens is 3. The molecular formula is C18H16F3N5O3S. The van der Waals surface area contributed by atoms with E-state index in [4.69, 9.17) is 0 Å². The SMILES string of the molecule is O=C(Cn1nnc2ccccc21)N1CCN(S(=O)(=O)c2ccc(F)c(F)c2F)CC1. The Labute approximate surface area is 169 Å². The van der Waals surface area contributed by atoms with Gasteiger partial charge in [-0.1, -0.05) is 17.3 Å². The van der Waals surface area contributed by atoms with Gasteiger partial charge in [-0.25, -0.2) is 26.3 Å². The Morgan fingerprint density at radius 1 is 0.967 bits per heavy atom. The summed E-state index contributed by atoms with van der Waals surface area (Å²) in [5.74, 6) is -5.35. The van der Waals surface area contributed by atoms with Crippen LogP contribution in [-0.2, 0) is 21.4 Å². The topological polar surface area (TPSA) is 88.4 Å². The summed E-state index contributed by atoms with van der Waals surface area (Å²) in [6.45, 7) is -0.147. The lowest BCUT2D eigenvalue weighted by Gasteiger charge is -2.34. The predicted octanol–water partition coefficient (Wildman–Crippen LogP) is 1.38. The molecule has 1 aromatic heterocycles. The second-order valence-electron chi connectivity index (χ2n) is 6.69. The van der Waals surface area contributed by atoms with Crippen molar-refractivity contribution in [1.29, 1.82) is 0 Å². The number of rotatable bonds is 4. The van der Waals surface area contributed by atoms with Crippen LogP contribution in [-0.4, -0.2) is 64.7 Å². The average molecular weight is 439 g/mol. The number of sulfonamides is 1. The number of carbonyl (C=O) groups is 1. The fraction of sp³-hybridized carbons (Fsp3) is 0.278. The van der Waals surface area contributed by atoms with E-state index in [1.54, 1.807) is 24.3 Å². The number of para-hydroxylation sites is 1. The molecule has 1 aliphatic rings. The predicted molar refractivity (Wildman–Crippen MR) is 99.2 cm³/mol. The summed E-state index contributed by atoms with van der Waals surface area (Å²) in [5, 5.41) is 7.93. The zero-order valence-corrected chi connectivity index (χ0v) is 16.3. The van der Waals surface area contributed by atoms with Crippen molar-refractivity contribution in [1.82, 2.24) is 24.2 Å². The van der Waals surface area contributed by atoms with Gasteiger partial charge in [0.2, 0.25) is 15.9 Å². The van der Waals surface area contributed by atoms with Crippen LogP contribution in [0.4, 0.5) is 13.2 Å². The third-order valence-electron chi connectivity index (χ3n) is 4.91. The molecule has 0 spiro atoms. The number of carbonyl (C=O) groups excluding carboxylic acids is 1. The van der Waals surface area contributed by atoms with Crippen molar-refractivity contribution in [2.45, 2.75) is 11.4 Å². The summed E-state index contributed by atoms with van der Waals surface area (Å²) in [7, 11) is -4.37. The fourth-order valence-electron chi connectivity index (χ4n) is 3.29. The van der Waals surface area contributed by atoms with Crippen molar-refractivity contribution in [3.8, 4) is 0 Å². The number of amides is 1. The molecule has 1 aliphatic heterocycles. The van der Waals surface area contributed by atoms with Crippen molar-refractivity contribution in [3.63, 3.8) is 0 Å². The molecule has 0 bridgehead atoms. The van der Waals surface area contributed by atoms with Crippen LogP contribution in [0.2, 0.25) is 0 Å². The molecule has 0 radical (unpaired) electrons. The van der Waals surface area contributed by atoms with Crippen LogP contribution >= 0.6 is 0 Å². The third-order valence-corrected chi connectivity index (χ3v) is 6.83. The molecule has 2 aromatic carbocycles. The first-order valence-corrected chi connectivity index (χ1v) is 10.4. The van der Waals surface area contributed by atoms with Gasteiger partial charge in [0.25, 0.3) is 0 Å². The maximum Gasteiger partial charge on any atom is 0.246 e. The van der Waals surface area contributed by atoms with Gasteiger partial charge in [0, 0.05) is 26.2 Å². The Hall–Kier alpha value is -2.99. The van der Waals surface area contributed by atoms with Crippen molar-refractivity contribution in [3.05, 3.63) is 53.8 Å². The van der Waals surface area contributed by atoms with E-state index in [1.807, 2.05) is 0 Å². The zero-order chi connectivity index (χ0) is 21.5. The van der Waals surface area contributed by atoms with Gasteiger partial charge in [-0.3, -0.25) is 4.79 Å². The first kappa shape index (κ1) is 20.3. The fourth-order valence-corrected chi connectivity index (χ4v) is 4.76. The number of aromatic nitrogens is 3. The largest absolute Gasteiger partial charge is 0.338 e. The van der Waals surface area contributed by atoms with Crippen LogP contribution in [0.15, 0.2) is 41.3 Å². The van der Waals surface area contributed by atoms with E-state index in [2.05, 4.69) is 10.3 Å². The van der Waals surface area contributed by atoms with Crippen LogP contribution in [0.3, 0.4) is 0 Å². The molecule has 0 saturated carbocycles. The van der Waals surface area contributed by atoms with Crippen LogP contribution in [0.1, 0.15) is 0 Å².